The number of aromatic nitrogens is 2. The highest BCUT2D eigenvalue weighted by Crippen LogP contribution is 2.20. The van der Waals surface area contributed by atoms with Gasteiger partial charge in [0.25, 0.3) is 0 Å². The summed E-state index contributed by atoms with van der Waals surface area (Å²) in [5.41, 5.74) is 2.41. The highest BCUT2D eigenvalue weighted by Gasteiger charge is 2.24. The molecule has 1 aliphatic heterocycles. The molecule has 1 fully saturated rings. The number of likely N-dealkylation sites (N-methyl/N-ethyl adjacent to an activating group) is 1. The van der Waals surface area contributed by atoms with E-state index in [4.69, 9.17) is 0 Å². The Bertz CT molecular complexity index is 542. The second kappa shape index (κ2) is 4.71. The summed E-state index contributed by atoms with van der Waals surface area (Å²) in [4.78, 5) is 2.51. The summed E-state index contributed by atoms with van der Waals surface area (Å²) in [5, 5.41) is 9.29. The molecule has 1 N–H and O–H groups in total. The molecule has 1 aromatic heterocycles. The van der Waals surface area contributed by atoms with Crippen LogP contribution < -0.4 is 5.32 Å². The predicted octanol–water partition coefficient (Wildman–Crippen LogP) is 1.37. The van der Waals surface area contributed by atoms with Gasteiger partial charge in [-0.2, -0.15) is 5.10 Å². The smallest absolute Gasteiger partial charge is 0.0843 e. The third-order valence-corrected chi connectivity index (χ3v) is 3.87. The first kappa shape index (κ1) is 11.7. The van der Waals surface area contributed by atoms with Crippen LogP contribution in [0.4, 0.5) is 0 Å². The first-order valence-electron chi connectivity index (χ1n) is 6.65. The Morgan fingerprint density at radius 1 is 1.39 bits per heavy atom. The van der Waals surface area contributed by atoms with E-state index in [2.05, 4.69) is 46.5 Å². The van der Waals surface area contributed by atoms with Crippen LogP contribution in [0, 0.1) is 0 Å². The van der Waals surface area contributed by atoms with Crippen molar-refractivity contribution in [3.8, 4) is 0 Å². The van der Waals surface area contributed by atoms with Crippen molar-refractivity contribution >= 4 is 10.9 Å². The molecule has 2 aromatic rings. The van der Waals surface area contributed by atoms with Crippen molar-refractivity contribution in [1.29, 1.82) is 0 Å². The Kier molecular flexibility index (Phi) is 3.06. The van der Waals surface area contributed by atoms with E-state index in [9.17, 15) is 0 Å². The van der Waals surface area contributed by atoms with Gasteiger partial charge >= 0.3 is 0 Å². The van der Waals surface area contributed by atoms with Gasteiger partial charge in [0.05, 0.1) is 11.2 Å². The summed E-state index contributed by atoms with van der Waals surface area (Å²) in [6, 6.07) is 9.14. The number of rotatable bonds is 4. The van der Waals surface area contributed by atoms with Gasteiger partial charge in [-0.25, -0.2) is 0 Å². The topological polar surface area (TPSA) is 33.1 Å². The van der Waals surface area contributed by atoms with Crippen LogP contribution in [0.5, 0.6) is 0 Å². The van der Waals surface area contributed by atoms with Crippen molar-refractivity contribution in [2.45, 2.75) is 19.5 Å². The number of hydrogen-bond acceptors (Lipinski definition) is 3. The van der Waals surface area contributed by atoms with Crippen molar-refractivity contribution in [2.24, 2.45) is 7.05 Å². The summed E-state index contributed by atoms with van der Waals surface area (Å²) >= 11 is 0. The van der Waals surface area contributed by atoms with E-state index in [1.165, 1.54) is 16.6 Å². The van der Waals surface area contributed by atoms with E-state index in [1.54, 1.807) is 0 Å². The zero-order valence-corrected chi connectivity index (χ0v) is 11.1. The van der Waals surface area contributed by atoms with Gasteiger partial charge < -0.3 is 5.32 Å². The van der Waals surface area contributed by atoms with Crippen LogP contribution in [-0.4, -0.2) is 40.4 Å². The van der Waals surface area contributed by atoms with Crippen LogP contribution in [0.2, 0.25) is 0 Å². The van der Waals surface area contributed by atoms with Crippen LogP contribution in [-0.2, 0) is 13.6 Å². The largest absolute Gasteiger partial charge is 0.314 e. The van der Waals surface area contributed by atoms with Gasteiger partial charge in [-0.05, 0) is 12.6 Å². The van der Waals surface area contributed by atoms with Crippen LogP contribution >= 0.6 is 0 Å². The predicted molar refractivity (Wildman–Crippen MR) is 73.5 cm³/mol. The number of para-hydroxylation sites is 1. The lowest BCUT2D eigenvalue weighted by molar-refractivity contribution is 0.144. The normalized spacial score (nSPS) is 16.4. The van der Waals surface area contributed by atoms with Gasteiger partial charge in [0.2, 0.25) is 0 Å². The maximum Gasteiger partial charge on any atom is 0.0843 e. The number of nitrogens with one attached hydrogen (secondary N) is 1. The molecule has 1 saturated heterocycles. The molecule has 2 heterocycles. The van der Waals surface area contributed by atoms with Crippen LogP contribution in [0.25, 0.3) is 10.9 Å². The molecule has 0 spiro atoms. The molecular weight excluding hydrogens is 224 g/mol. The minimum atomic E-state index is 0.677. The van der Waals surface area contributed by atoms with Crippen LogP contribution in [0.1, 0.15) is 12.6 Å². The lowest BCUT2D eigenvalue weighted by atomic mass is 10.1. The molecule has 0 amide bonds. The third-order valence-electron chi connectivity index (χ3n) is 3.87. The molecule has 4 heteroatoms. The molecule has 0 saturated carbocycles. The van der Waals surface area contributed by atoms with Crippen molar-refractivity contribution < 1.29 is 0 Å². The van der Waals surface area contributed by atoms with Crippen LogP contribution in [0.3, 0.4) is 0 Å². The molecule has 0 atom stereocenters. The van der Waals surface area contributed by atoms with Gasteiger partial charge in [-0.1, -0.05) is 25.1 Å². The second-order valence-corrected chi connectivity index (χ2v) is 4.96. The molecule has 0 unspecified atom stereocenters. The molecule has 3 rings (SSSR count). The average molecular weight is 244 g/mol. The summed E-state index contributed by atoms with van der Waals surface area (Å²) in [6.07, 6.45) is 0. The minimum Gasteiger partial charge on any atom is -0.314 e. The van der Waals surface area contributed by atoms with Gasteiger partial charge in [0.15, 0.2) is 0 Å². The van der Waals surface area contributed by atoms with Crippen molar-refractivity contribution in [1.82, 2.24) is 20.0 Å². The van der Waals surface area contributed by atoms with E-state index < -0.39 is 0 Å². The Balaban J connectivity index is 1.89. The van der Waals surface area contributed by atoms with E-state index in [0.717, 1.165) is 26.2 Å². The zero-order valence-electron chi connectivity index (χ0n) is 11.1. The molecule has 0 radical (unpaired) electrons. The standard InChI is InChI=1S/C14H20N4/c1-3-18(11-8-15-9-11)10-13-12-6-4-5-7-14(12)17(2)16-13/h4-7,11,15H,3,8-10H2,1-2H3. The Labute approximate surface area is 108 Å². The lowest BCUT2D eigenvalue weighted by Gasteiger charge is -2.37. The second-order valence-electron chi connectivity index (χ2n) is 4.96. The zero-order chi connectivity index (χ0) is 12.5. The fourth-order valence-corrected chi connectivity index (χ4v) is 2.63. The molecule has 96 valence electrons. The highest BCUT2D eigenvalue weighted by molar-refractivity contribution is 5.81. The van der Waals surface area contributed by atoms with Gasteiger partial charge in [-0.15, -0.1) is 0 Å². The van der Waals surface area contributed by atoms with E-state index in [-0.39, 0.29) is 0 Å². The summed E-state index contributed by atoms with van der Waals surface area (Å²) in [7, 11) is 2.02. The average Bonchev–Trinajstić information content (AvgIpc) is 2.64. The third kappa shape index (κ3) is 1.91. The lowest BCUT2D eigenvalue weighted by Crippen LogP contribution is -2.56. The molecule has 4 nitrogen and oxygen atoms in total. The summed E-state index contributed by atoms with van der Waals surface area (Å²) in [6.45, 7) is 6.47. The summed E-state index contributed by atoms with van der Waals surface area (Å²) < 4.78 is 1.98. The molecule has 0 bridgehead atoms. The Morgan fingerprint density at radius 2 is 2.17 bits per heavy atom. The SMILES string of the molecule is CCN(Cc1nn(C)c2ccccc12)C1CNC1. The van der Waals surface area contributed by atoms with E-state index in [0.29, 0.717) is 6.04 Å². The van der Waals surface area contributed by atoms with E-state index >= 15 is 0 Å². The maximum atomic E-state index is 4.67. The van der Waals surface area contributed by atoms with Crippen molar-refractivity contribution in [3.63, 3.8) is 0 Å². The number of aryl methyl sites for hydroxylation is 1. The van der Waals surface area contributed by atoms with Crippen LogP contribution in [0.15, 0.2) is 24.3 Å². The number of fused-ring (bicyclic) bond motifs is 1. The van der Waals surface area contributed by atoms with Gasteiger partial charge in [0.1, 0.15) is 0 Å². The fourth-order valence-electron chi connectivity index (χ4n) is 2.63. The maximum absolute atomic E-state index is 4.67. The number of nitrogens with zero attached hydrogens (tertiary/aromatic N) is 3. The quantitative estimate of drug-likeness (QED) is 0.881. The molecule has 1 aliphatic rings. The summed E-state index contributed by atoms with van der Waals surface area (Å²) in [5.74, 6) is 0. The molecular formula is C14H20N4. The molecule has 18 heavy (non-hydrogen) atoms. The van der Waals surface area contributed by atoms with Crippen molar-refractivity contribution in [3.05, 3.63) is 30.0 Å². The van der Waals surface area contributed by atoms with Gasteiger partial charge in [0, 0.05) is 38.1 Å². The Hall–Kier alpha value is -1.39. The number of benzene rings is 1. The minimum absolute atomic E-state index is 0.677. The first-order chi connectivity index (χ1) is 8.79. The molecule has 0 aliphatic carbocycles. The highest BCUT2D eigenvalue weighted by atomic mass is 15.3. The monoisotopic (exact) mass is 244 g/mol. The van der Waals surface area contributed by atoms with Gasteiger partial charge in [-0.3, -0.25) is 9.58 Å². The fraction of sp³-hybridized carbons (Fsp3) is 0.500. The first-order valence-corrected chi connectivity index (χ1v) is 6.65. The van der Waals surface area contributed by atoms with Crippen molar-refractivity contribution in [2.75, 3.05) is 19.6 Å². The van der Waals surface area contributed by atoms with E-state index in [1.807, 2.05) is 11.7 Å². The molecule has 1 aromatic carbocycles. The number of hydrogen-bond donors (Lipinski definition) is 1. The Morgan fingerprint density at radius 3 is 2.83 bits per heavy atom.